The summed E-state index contributed by atoms with van der Waals surface area (Å²) in [6.45, 7) is 4.09. The van der Waals surface area contributed by atoms with Gasteiger partial charge in [-0.25, -0.2) is 4.68 Å². The minimum atomic E-state index is -0.0609. The van der Waals surface area contributed by atoms with Gasteiger partial charge in [0.15, 0.2) is 0 Å². The van der Waals surface area contributed by atoms with E-state index in [0.29, 0.717) is 0 Å². The van der Waals surface area contributed by atoms with E-state index in [1.807, 2.05) is 30.7 Å². The molecule has 0 aliphatic heterocycles. The molecule has 0 radical (unpaired) electrons. The summed E-state index contributed by atoms with van der Waals surface area (Å²) in [7, 11) is 0. The first-order chi connectivity index (χ1) is 11.6. The first kappa shape index (κ1) is 15.1. The molecule has 4 nitrogen and oxygen atoms in total. The van der Waals surface area contributed by atoms with E-state index in [1.165, 1.54) is 21.6 Å². The quantitative estimate of drug-likeness (QED) is 0.762. The number of anilines is 1. The van der Waals surface area contributed by atoms with E-state index >= 15 is 0 Å². The normalized spacial score (nSPS) is 12.8. The van der Waals surface area contributed by atoms with Crippen molar-refractivity contribution >= 4 is 23.1 Å². The van der Waals surface area contributed by atoms with Crippen LogP contribution in [0.5, 0.6) is 0 Å². The lowest BCUT2D eigenvalue weighted by atomic mass is 9.91. The molecule has 122 valence electrons. The number of carbonyl (C=O) groups excluding carboxylic acids is 1. The fraction of sp³-hybridized carbons (Fsp3) is 0.263. The molecule has 0 unspecified atom stereocenters. The van der Waals surface area contributed by atoms with Gasteiger partial charge < -0.3 is 5.32 Å². The average Bonchev–Trinajstić information content (AvgIpc) is 3.21. The minimum Gasteiger partial charge on any atom is -0.306 e. The van der Waals surface area contributed by atoms with Crippen molar-refractivity contribution in [1.82, 2.24) is 9.78 Å². The van der Waals surface area contributed by atoms with Gasteiger partial charge >= 0.3 is 0 Å². The lowest BCUT2D eigenvalue weighted by Crippen LogP contribution is -2.15. The standard InChI is InChI=1S/C19H19N3OS/c1-12(2)22-17(9-10-20-22)21-19(23)16-11-14-8-7-13-5-3-4-6-15(13)18(14)24-16/h3-6,9-12H,7-8H2,1-2H3,(H,21,23). The smallest absolute Gasteiger partial charge is 0.266 e. The number of aryl methyl sites for hydroxylation is 2. The fourth-order valence-electron chi connectivity index (χ4n) is 3.19. The Morgan fingerprint density at radius 2 is 2.00 bits per heavy atom. The van der Waals surface area contributed by atoms with Gasteiger partial charge in [0.1, 0.15) is 5.82 Å². The van der Waals surface area contributed by atoms with Gasteiger partial charge in [-0.1, -0.05) is 24.3 Å². The molecule has 1 aliphatic rings. The summed E-state index contributed by atoms with van der Waals surface area (Å²) in [5.41, 5.74) is 3.92. The van der Waals surface area contributed by atoms with Crippen LogP contribution in [0.15, 0.2) is 42.6 Å². The largest absolute Gasteiger partial charge is 0.306 e. The van der Waals surface area contributed by atoms with Crippen molar-refractivity contribution in [1.29, 1.82) is 0 Å². The highest BCUT2D eigenvalue weighted by atomic mass is 32.1. The Labute approximate surface area is 145 Å². The number of hydrogen-bond acceptors (Lipinski definition) is 3. The van der Waals surface area contributed by atoms with Crippen molar-refractivity contribution in [2.75, 3.05) is 5.32 Å². The fourth-order valence-corrected chi connectivity index (χ4v) is 4.35. The number of aromatic nitrogens is 2. The second-order valence-electron chi connectivity index (χ2n) is 6.33. The molecule has 0 saturated carbocycles. The third-order valence-corrected chi connectivity index (χ3v) is 5.57. The highest BCUT2D eigenvalue weighted by molar-refractivity contribution is 7.17. The molecule has 0 saturated heterocycles. The molecule has 3 aromatic rings. The average molecular weight is 337 g/mol. The van der Waals surface area contributed by atoms with Crippen LogP contribution in [0.1, 0.15) is 40.7 Å². The Balaban J connectivity index is 1.64. The maximum atomic E-state index is 12.7. The Hall–Kier alpha value is -2.40. The maximum Gasteiger partial charge on any atom is 0.266 e. The Bertz CT molecular complexity index is 907. The molecule has 2 heterocycles. The number of fused-ring (bicyclic) bond motifs is 3. The van der Waals surface area contributed by atoms with Crippen LogP contribution in [-0.2, 0) is 12.8 Å². The zero-order valence-corrected chi connectivity index (χ0v) is 14.6. The number of hydrogen-bond donors (Lipinski definition) is 1. The summed E-state index contributed by atoms with van der Waals surface area (Å²) in [6, 6.07) is 12.6. The van der Waals surface area contributed by atoms with Crippen LogP contribution in [0.25, 0.3) is 10.4 Å². The second-order valence-corrected chi connectivity index (χ2v) is 7.38. The van der Waals surface area contributed by atoms with Gasteiger partial charge in [0.25, 0.3) is 5.91 Å². The van der Waals surface area contributed by atoms with E-state index in [9.17, 15) is 4.79 Å². The Kier molecular flexibility index (Phi) is 3.73. The lowest BCUT2D eigenvalue weighted by molar-refractivity contribution is 0.102. The molecule has 0 spiro atoms. The van der Waals surface area contributed by atoms with E-state index in [4.69, 9.17) is 0 Å². The van der Waals surface area contributed by atoms with Gasteiger partial charge in [-0.3, -0.25) is 4.79 Å². The topological polar surface area (TPSA) is 46.9 Å². The first-order valence-electron chi connectivity index (χ1n) is 8.19. The van der Waals surface area contributed by atoms with Crippen LogP contribution in [0.4, 0.5) is 5.82 Å². The highest BCUT2D eigenvalue weighted by Crippen LogP contribution is 2.39. The van der Waals surface area contributed by atoms with Crippen LogP contribution >= 0.6 is 11.3 Å². The van der Waals surface area contributed by atoms with Gasteiger partial charge in [0.2, 0.25) is 0 Å². The summed E-state index contributed by atoms with van der Waals surface area (Å²) in [5.74, 6) is 0.677. The Morgan fingerprint density at radius 1 is 1.21 bits per heavy atom. The molecule has 4 rings (SSSR count). The molecular formula is C19H19N3OS. The summed E-state index contributed by atoms with van der Waals surface area (Å²) in [4.78, 5) is 14.7. The predicted molar refractivity (Wildman–Crippen MR) is 97.7 cm³/mol. The van der Waals surface area contributed by atoms with Crippen LogP contribution in [-0.4, -0.2) is 15.7 Å². The van der Waals surface area contributed by atoms with Crippen LogP contribution in [0, 0.1) is 0 Å². The summed E-state index contributed by atoms with van der Waals surface area (Å²) < 4.78 is 1.82. The van der Waals surface area contributed by atoms with Crippen LogP contribution in [0.2, 0.25) is 0 Å². The zero-order valence-electron chi connectivity index (χ0n) is 13.7. The number of benzene rings is 1. The molecule has 5 heteroatoms. The molecule has 0 bridgehead atoms. The van der Waals surface area contributed by atoms with E-state index in [0.717, 1.165) is 23.5 Å². The molecule has 1 N–H and O–H groups in total. The van der Waals surface area contributed by atoms with Crippen molar-refractivity contribution in [2.45, 2.75) is 32.7 Å². The number of nitrogens with zero attached hydrogens (tertiary/aromatic N) is 2. The van der Waals surface area contributed by atoms with E-state index in [1.54, 1.807) is 17.5 Å². The maximum absolute atomic E-state index is 12.7. The third kappa shape index (κ3) is 2.55. The SMILES string of the molecule is CC(C)n1nccc1NC(=O)c1cc2c(s1)-c1ccccc1CC2. The van der Waals surface area contributed by atoms with Crippen LogP contribution in [0.3, 0.4) is 0 Å². The number of amides is 1. The molecule has 1 aliphatic carbocycles. The summed E-state index contributed by atoms with van der Waals surface area (Å²) in [5, 5.41) is 7.26. The van der Waals surface area contributed by atoms with Crippen molar-refractivity contribution in [3.8, 4) is 10.4 Å². The minimum absolute atomic E-state index is 0.0609. The molecular weight excluding hydrogens is 318 g/mol. The van der Waals surface area contributed by atoms with Crippen LogP contribution < -0.4 is 5.32 Å². The summed E-state index contributed by atoms with van der Waals surface area (Å²) >= 11 is 1.58. The number of rotatable bonds is 3. The molecule has 24 heavy (non-hydrogen) atoms. The number of carbonyl (C=O) groups is 1. The van der Waals surface area contributed by atoms with Gasteiger partial charge in [-0.05, 0) is 49.4 Å². The lowest BCUT2D eigenvalue weighted by Gasteiger charge is -2.15. The van der Waals surface area contributed by atoms with Crippen molar-refractivity contribution < 1.29 is 4.79 Å². The molecule has 0 fully saturated rings. The molecule has 2 aromatic heterocycles. The van der Waals surface area contributed by atoms with Gasteiger partial charge in [0, 0.05) is 17.0 Å². The molecule has 1 amide bonds. The van der Waals surface area contributed by atoms with Crippen molar-refractivity contribution in [3.05, 3.63) is 58.6 Å². The molecule has 0 atom stereocenters. The third-order valence-electron chi connectivity index (χ3n) is 4.36. The van der Waals surface area contributed by atoms with E-state index < -0.39 is 0 Å². The summed E-state index contributed by atoms with van der Waals surface area (Å²) in [6.07, 6.45) is 3.76. The highest BCUT2D eigenvalue weighted by Gasteiger charge is 2.22. The number of thiophene rings is 1. The molecule has 1 aromatic carbocycles. The second kappa shape index (κ2) is 5.91. The van der Waals surface area contributed by atoms with Gasteiger partial charge in [0.05, 0.1) is 11.1 Å². The van der Waals surface area contributed by atoms with Crippen molar-refractivity contribution in [3.63, 3.8) is 0 Å². The van der Waals surface area contributed by atoms with Crippen molar-refractivity contribution in [2.24, 2.45) is 0 Å². The van der Waals surface area contributed by atoms with E-state index in [-0.39, 0.29) is 11.9 Å². The zero-order chi connectivity index (χ0) is 16.7. The Morgan fingerprint density at radius 3 is 2.83 bits per heavy atom. The first-order valence-corrected chi connectivity index (χ1v) is 9.01. The number of nitrogens with one attached hydrogen (secondary N) is 1. The van der Waals surface area contributed by atoms with Gasteiger partial charge in [-0.2, -0.15) is 5.10 Å². The van der Waals surface area contributed by atoms with E-state index in [2.05, 4.69) is 34.7 Å². The predicted octanol–water partition coefficient (Wildman–Crippen LogP) is 4.54. The van der Waals surface area contributed by atoms with Gasteiger partial charge in [-0.15, -0.1) is 11.3 Å². The monoisotopic (exact) mass is 337 g/mol.